The molecule has 0 heterocycles. The molecule has 0 aromatic heterocycles. The van der Waals surface area contributed by atoms with Gasteiger partial charge in [-0.1, -0.05) is 231 Å². The molecule has 0 amide bonds. The van der Waals surface area contributed by atoms with Gasteiger partial charge < -0.3 is 4.90 Å². The van der Waals surface area contributed by atoms with E-state index in [1.54, 1.807) is 0 Å². The van der Waals surface area contributed by atoms with Gasteiger partial charge in [0.05, 0.1) is 16.8 Å². The highest BCUT2D eigenvalue weighted by Gasteiger charge is 2.51. The maximum absolute atomic E-state index is 2.73. The highest BCUT2D eigenvalue weighted by molar-refractivity contribution is 6.10. The van der Waals surface area contributed by atoms with Gasteiger partial charge in [0.15, 0.2) is 0 Å². The maximum atomic E-state index is 2.73. The molecule has 1 atom stereocenters. The molecule has 1 nitrogen and oxygen atoms in total. The minimum absolute atomic E-state index is 0.701. The van der Waals surface area contributed by atoms with Crippen molar-refractivity contribution >= 4 is 34.7 Å². The van der Waals surface area contributed by atoms with Crippen molar-refractivity contribution in [2.75, 3.05) is 4.90 Å². The van der Waals surface area contributed by atoms with Gasteiger partial charge in [0, 0.05) is 23.2 Å². The fraction of sp³-hybridized carbons (Fsp3) is 0.0294. The van der Waals surface area contributed by atoms with Gasteiger partial charge in [-0.3, -0.25) is 0 Å². The fourth-order valence-electron chi connectivity index (χ4n) is 12.1. The van der Waals surface area contributed by atoms with Gasteiger partial charge in [0.1, 0.15) is 0 Å². The van der Waals surface area contributed by atoms with Gasteiger partial charge in [-0.05, 0) is 131 Å². The molecule has 0 bridgehead atoms. The molecule has 14 rings (SSSR count). The predicted molar refractivity (Wildman–Crippen MR) is 289 cm³/mol. The highest BCUT2D eigenvalue weighted by atomic mass is 15.2. The summed E-state index contributed by atoms with van der Waals surface area (Å²) in [5.74, 6) is 0. The van der Waals surface area contributed by atoms with Crippen LogP contribution in [-0.2, 0) is 6.42 Å². The lowest BCUT2D eigenvalue weighted by molar-refractivity contribution is 0.676. The van der Waals surface area contributed by atoms with E-state index in [0.717, 1.165) is 12.1 Å². The first kappa shape index (κ1) is 39.4. The number of hydrogen-bond donors (Lipinski definition) is 0. The van der Waals surface area contributed by atoms with Crippen LogP contribution in [0.4, 0.5) is 11.4 Å². The van der Waals surface area contributed by atoms with E-state index in [9.17, 15) is 0 Å². The molecule has 0 N–H and O–H groups in total. The van der Waals surface area contributed by atoms with Crippen molar-refractivity contribution < 1.29 is 0 Å². The van der Waals surface area contributed by atoms with Gasteiger partial charge >= 0.3 is 0 Å². The van der Waals surface area contributed by atoms with Gasteiger partial charge in [-0.2, -0.15) is 0 Å². The Morgan fingerprint density at radius 2 is 0.884 bits per heavy atom. The van der Waals surface area contributed by atoms with Gasteiger partial charge in [-0.15, -0.1) is 0 Å². The van der Waals surface area contributed by atoms with E-state index < -0.39 is 5.41 Å². The third kappa shape index (κ3) is 5.97. The van der Waals surface area contributed by atoms with E-state index in [4.69, 9.17) is 0 Å². The van der Waals surface area contributed by atoms with Crippen LogP contribution in [0.5, 0.6) is 0 Å². The van der Waals surface area contributed by atoms with Crippen molar-refractivity contribution in [1.29, 1.82) is 0 Å². The summed E-state index contributed by atoms with van der Waals surface area (Å²) < 4.78 is 0. The Morgan fingerprint density at radius 3 is 1.55 bits per heavy atom. The number of benzene rings is 9. The van der Waals surface area contributed by atoms with Crippen LogP contribution in [-0.4, -0.2) is 0 Å². The molecule has 0 fully saturated rings. The standard InChI is InChI=1S/C68H45N/c1-4-21-45(22-5-1)51-30-16-17-34-55(51)58-35-18-19-37-64(58)69(67-61-41-48-27-10-15-33-54(48)60(61)44-59(46-23-6-2-7-24-46)66(67)47-25-8-3-9-26-47)65-39-38-57-53-32-14-12-29-50(53)43-63(57)68(65)40-20-36-56-52-31-13-11-28-49(52)42-62(56)68/h1-40,42-44H,41H2. The summed E-state index contributed by atoms with van der Waals surface area (Å²) >= 11 is 0. The van der Waals surface area contributed by atoms with Gasteiger partial charge in [-0.25, -0.2) is 0 Å². The van der Waals surface area contributed by atoms with E-state index in [-0.39, 0.29) is 0 Å². The Hall–Kier alpha value is -8.78. The van der Waals surface area contributed by atoms with Crippen LogP contribution in [0.15, 0.2) is 266 Å². The summed E-state index contributed by atoms with van der Waals surface area (Å²) in [5.41, 5.74) is 27.8. The summed E-state index contributed by atoms with van der Waals surface area (Å²) in [6.45, 7) is 0. The number of hydrogen-bond acceptors (Lipinski definition) is 1. The summed E-state index contributed by atoms with van der Waals surface area (Å²) in [5, 5.41) is 0. The van der Waals surface area contributed by atoms with Crippen LogP contribution < -0.4 is 4.90 Å². The van der Waals surface area contributed by atoms with E-state index in [2.05, 4.69) is 266 Å². The number of para-hydroxylation sites is 1. The van der Waals surface area contributed by atoms with Crippen LogP contribution in [0.25, 0.3) is 78.9 Å². The zero-order chi connectivity index (χ0) is 45.5. The molecular weight excluding hydrogens is 831 g/mol. The molecule has 0 radical (unpaired) electrons. The zero-order valence-corrected chi connectivity index (χ0v) is 38.0. The first-order valence-corrected chi connectivity index (χ1v) is 24.1. The van der Waals surface area contributed by atoms with Crippen molar-refractivity contribution in [3.63, 3.8) is 0 Å². The second-order valence-corrected chi connectivity index (χ2v) is 18.7. The van der Waals surface area contributed by atoms with Crippen LogP contribution in [0.2, 0.25) is 0 Å². The molecule has 1 spiro atoms. The van der Waals surface area contributed by atoms with Crippen molar-refractivity contribution in [1.82, 2.24) is 0 Å². The summed E-state index contributed by atoms with van der Waals surface area (Å²) in [4.78, 5) is 2.73. The average Bonchev–Trinajstić information content (AvgIpc) is 4.13. The number of fused-ring (bicyclic) bond motifs is 11. The van der Waals surface area contributed by atoms with Crippen LogP contribution in [0.1, 0.15) is 33.4 Å². The second-order valence-electron chi connectivity index (χ2n) is 18.7. The average molecular weight is 876 g/mol. The van der Waals surface area contributed by atoms with E-state index in [0.29, 0.717) is 0 Å². The van der Waals surface area contributed by atoms with Crippen molar-refractivity contribution in [3.8, 4) is 55.6 Å². The topological polar surface area (TPSA) is 3.24 Å². The number of allylic oxidation sites excluding steroid dienone is 7. The second kappa shape index (κ2) is 15.7. The van der Waals surface area contributed by atoms with Gasteiger partial charge in [0.2, 0.25) is 0 Å². The lowest BCUT2D eigenvalue weighted by Gasteiger charge is -2.47. The van der Waals surface area contributed by atoms with Crippen LogP contribution in [0.3, 0.4) is 0 Å². The zero-order valence-electron chi connectivity index (χ0n) is 38.0. The lowest BCUT2D eigenvalue weighted by atomic mass is 9.63. The molecule has 1 heteroatoms. The van der Waals surface area contributed by atoms with Crippen molar-refractivity contribution in [2.45, 2.75) is 6.42 Å². The van der Waals surface area contributed by atoms with E-state index in [1.165, 1.54) is 123 Å². The molecule has 1 unspecified atom stereocenters. The smallest absolute Gasteiger partial charge is 0.0803 e. The molecule has 0 aliphatic heterocycles. The molecule has 69 heavy (non-hydrogen) atoms. The maximum Gasteiger partial charge on any atom is 0.0803 e. The van der Waals surface area contributed by atoms with Crippen molar-refractivity contribution in [3.05, 3.63) is 299 Å². The Kier molecular flexibility index (Phi) is 8.94. The van der Waals surface area contributed by atoms with E-state index in [1.807, 2.05) is 0 Å². The number of rotatable bonds is 7. The largest absolute Gasteiger partial charge is 0.311 e. The quantitative estimate of drug-likeness (QED) is 0.154. The fourth-order valence-corrected chi connectivity index (χ4v) is 12.1. The highest BCUT2D eigenvalue weighted by Crippen LogP contribution is 2.65. The minimum Gasteiger partial charge on any atom is -0.311 e. The number of anilines is 2. The summed E-state index contributed by atoms with van der Waals surface area (Å²) in [7, 11) is 0. The minimum atomic E-state index is -0.701. The van der Waals surface area contributed by atoms with Gasteiger partial charge in [0.25, 0.3) is 0 Å². The molecule has 5 aliphatic rings. The van der Waals surface area contributed by atoms with Crippen LogP contribution in [0, 0.1) is 5.41 Å². The third-order valence-electron chi connectivity index (χ3n) is 15.1. The molecule has 5 aliphatic carbocycles. The van der Waals surface area contributed by atoms with Crippen LogP contribution >= 0.6 is 0 Å². The first-order chi connectivity index (χ1) is 34.2. The monoisotopic (exact) mass is 875 g/mol. The van der Waals surface area contributed by atoms with E-state index >= 15 is 0 Å². The van der Waals surface area contributed by atoms with Crippen molar-refractivity contribution in [2.24, 2.45) is 5.41 Å². The Labute approximate surface area is 404 Å². The molecule has 322 valence electrons. The predicted octanol–water partition coefficient (Wildman–Crippen LogP) is 17.5. The number of nitrogens with zero attached hydrogens (tertiary/aromatic N) is 1. The Balaban J connectivity index is 1.16. The third-order valence-corrected chi connectivity index (χ3v) is 15.1. The Bertz CT molecular complexity index is 3760. The Morgan fingerprint density at radius 1 is 0.377 bits per heavy atom. The molecule has 0 saturated heterocycles. The molecule has 9 aromatic carbocycles. The molecular formula is C68H45N. The first-order valence-electron chi connectivity index (χ1n) is 24.1. The SMILES string of the molecule is C1=CC2(C3=Cc4ccccc4C3=C1)C1=Cc3ccccc3C1=CC=C2N(c1ccccc1-c1ccccc1-c1ccccc1)c1c2c(cc(-c3ccccc3)c1-c1ccccc1)-c1ccccc1C2. The molecule has 0 saturated carbocycles. The lowest BCUT2D eigenvalue weighted by Crippen LogP contribution is -2.38. The molecule has 9 aromatic rings. The summed E-state index contributed by atoms with van der Waals surface area (Å²) in [6.07, 6.45) is 17.9. The summed E-state index contributed by atoms with van der Waals surface area (Å²) in [6, 6.07) is 80.7. The normalized spacial score (nSPS) is 16.5.